The molecule has 1 aliphatic rings. The summed E-state index contributed by atoms with van der Waals surface area (Å²) in [4.78, 5) is 12.2. The Labute approximate surface area is 384 Å². The minimum absolute atomic E-state index is 0.0341. The van der Waals surface area contributed by atoms with Crippen LogP contribution in [0.1, 0.15) is 110 Å². The van der Waals surface area contributed by atoms with Crippen molar-refractivity contribution in [3.8, 4) is 11.8 Å². The fourth-order valence-corrected chi connectivity index (χ4v) is 17.3. The van der Waals surface area contributed by atoms with Gasteiger partial charge in [0.15, 0.2) is 14.1 Å². The number of carbonyl (C=O) groups excluding carboxylic acids is 1. The van der Waals surface area contributed by atoms with Gasteiger partial charge in [-0.25, -0.2) is 4.79 Å². The van der Waals surface area contributed by atoms with Crippen LogP contribution in [0.3, 0.4) is 0 Å². The highest BCUT2D eigenvalue weighted by Gasteiger charge is 2.53. The first-order chi connectivity index (χ1) is 29.5. The lowest BCUT2D eigenvalue weighted by molar-refractivity contribution is -0.338. The van der Waals surface area contributed by atoms with E-state index in [1.165, 1.54) is 24.6 Å². The predicted octanol–water partition coefficient (Wildman–Crippen LogP) is 10.8. The Hall–Kier alpha value is -3.28. The van der Waals surface area contributed by atoms with Gasteiger partial charge in [0, 0.05) is 17.9 Å². The van der Waals surface area contributed by atoms with Gasteiger partial charge >= 0.3 is 5.97 Å². The van der Waals surface area contributed by atoms with Crippen molar-refractivity contribution in [2.24, 2.45) is 23.7 Å². The lowest BCUT2D eigenvalue weighted by atomic mass is 9.83. The molecule has 1 heterocycles. The van der Waals surface area contributed by atoms with E-state index in [9.17, 15) is 9.90 Å². The Morgan fingerprint density at radius 3 is 1.86 bits per heavy atom. The van der Waals surface area contributed by atoms with Crippen LogP contribution < -0.4 is 10.4 Å². The highest BCUT2D eigenvalue weighted by molar-refractivity contribution is 6.99. The normalized spacial score (nSPS) is 21.9. The Kier molecular flexibility index (Phi) is 20.4. The van der Waals surface area contributed by atoms with Gasteiger partial charge in [0.25, 0.3) is 8.32 Å². The molecule has 0 aliphatic carbocycles. The average molecular weight is 903 g/mol. The van der Waals surface area contributed by atoms with Crippen molar-refractivity contribution in [3.63, 3.8) is 0 Å². The molecule has 350 valence electrons. The third kappa shape index (κ3) is 13.9. The topological polar surface area (TPSA) is 92.7 Å². The summed E-state index contributed by atoms with van der Waals surface area (Å²) in [5, 5.41) is 14.0. The molecule has 0 saturated carbocycles. The molecule has 0 amide bonds. The number of methoxy groups -OCH3 is 2. The summed E-state index contributed by atoms with van der Waals surface area (Å²) >= 11 is 0. The van der Waals surface area contributed by atoms with Gasteiger partial charge in [-0.3, -0.25) is 0 Å². The van der Waals surface area contributed by atoms with Crippen LogP contribution in [0, 0.1) is 35.5 Å². The lowest BCUT2D eigenvalue weighted by Crippen LogP contribution is -2.68. The van der Waals surface area contributed by atoms with Gasteiger partial charge in [-0.1, -0.05) is 159 Å². The van der Waals surface area contributed by atoms with Crippen LogP contribution in [-0.4, -0.2) is 78.2 Å². The zero-order valence-electron chi connectivity index (χ0n) is 41.8. The molecule has 0 bridgehead atoms. The largest absolute Gasteiger partial charge is 0.490 e. The molecule has 1 aliphatic heterocycles. The third-order valence-corrected chi connectivity index (χ3v) is 23.1. The lowest BCUT2D eigenvalue weighted by Gasteiger charge is -2.50. The van der Waals surface area contributed by atoms with E-state index >= 15 is 0 Å². The summed E-state index contributed by atoms with van der Waals surface area (Å²) in [6.45, 7) is 32.4. The van der Waals surface area contributed by atoms with Crippen LogP contribution in [0.25, 0.3) is 0 Å². The summed E-state index contributed by atoms with van der Waals surface area (Å²) in [5.41, 5.74) is 2.01. The third-order valence-electron chi connectivity index (χ3n) is 13.3. The number of ether oxygens (including phenoxy) is 4. The van der Waals surface area contributed by atoms with Crippen molar-refractivity contribution in [2.45, 2.75) is 170 Å². The number of benzene rings is 2. The van der Waals surface area contributed by atoms with E-state index in [0.717, 1.165) is 35.7 Å². The number of carbonyl (C=O) groups is 1. The fourth-order valence-electron chi connectivity index (χ4n) is 9.48. The molecular formula is C53H82O8Si2. The zero-order chi connectivity index (χ0) is 47.3. The van der Waals surface area contributed by atoms with Gasteiger partial charge in [-0.2, -0.15) is 0 Å². The first-order valence-electron chi connectivity index (χ1n) is 23.2. The molecule has 0 radical (unpaired) electrons. The summed E-state index contributed by atoms with van der Waals surface area (Å²) in [6, 6.07) is 24.6. The predicted molar refractivity (Wildman–Crippen MR) is 264 cm³/mol. The fraction of sp³-hybridized carbons (Fsp3) is 0.604. The highest BCUT2D eigenvalue weighted by Crippen LogP contribution is 2.42. The van der Waals surface area contributed by atoms with Gasteiger partial charge in [-0.15, -0.1) is 0 Å². The quantitative estimate of drug-likeness (QED) is 0.0351. The van der Waals surface area contributed by atoms with E-state index < -0.39 is 40.6 Å². The standard InChI is InChI=1S/C53H82O8Si2/c1-18-62(19-2,20-3)61-48(40(7)35-38(5)36-47(56-16)51(55)57-17)39(6)34-37(4)28-27-33-46(54)50-42(9)49(58-53(14,15)59-50)41(8)43(10)60-63(52(11,12)13,44-29-23-21-24-30-44)45-31-25-22-26-32-45/h21-26,28-32,35-36,39-43,46,48-50,54H,18-20,34H2,1-17H3/b37-28+,38-35+,47-36-/t39-,40+,41+,42-,43-,46-,48-,49-,50+/m0/s1. The van der Waals surface area contributed by atoms with Crippen LogP contribution >= 0.6 is 0 Å². The second-order valence-electron chi connectivity index (χ2n) is 19.5. The van der Waals surface area contributed by atoms with Crippen LogP contribution in [0.4, 0.5) is 0 Å². The number of hydrogen-bond donors (Lipinski definition) is 1. The van der Waals surface area contributed by atoms with Gasteiger partial charge in [0.05, 0.1) is 26.4 Å². The highest BCUT2D eigenvalue weighted by atomic mass is 28.4. The minimum atomic E-state index is -2.82. The molecule has 3 rings (SSSR count). The second-order valence-corrected chi connectivity index (χ2v) is 28.5. The monoisotopic (exact) mass is 903 g/mol. The Balaban J connectivity index is 1.88. The number of aliphatic hydroxyl groups is 1. The number of hydrogen-bond acceptors (Lipinski definition) is 8. The van der Waals surface area contributed by atoms with Crippen LogP contribution in [0.2, 0.25) is 23.2 Å². The molecular weight excluding hydrogens is 821 g/mol. The molecule has 8 nitrogen and oxygen atoms in total. The van der Waals surface area contributed by atoms with Gasteiger partial charge in [-0.05, 0) is 98.6 Å². The molecule has 1 saturated heterocycles. The van der Waals surface area contributed by atoms with E-state index in [4.69, 9.17) is 27.8 Å². The molecule has 0 unspecified atom stereocenters. The first-order valence-corrected chi connectivity index (χ1v) is 27.7. The van der Waals surface area contributed by atoms with Crippen LogP contribution in [0.15, 0.2) is 95.8 Å². The Bertz CT molecular complexity index is 1840. The van der Waals surface area contributed by atoms with Crippen molar-refractivity contribution < 1.29 is 37.7 Å². The molecule has 2 aromatic rings. The molecule has 0 spiro atoms. The number of esters is 1. The summed E-state index contributed by atoms with van der Waals surface area (Å²) in [5.74, 6) is 5.06. The molecule has 1 N–H and O–H groups in total. The summed E-state index contributed by atoms with van der Waals surface area (Å²) in [6.07, 6.45) is 4.48. The van der Waals surface area contributed by atoms with Crippen molar-refractivity contribution in [1.82, 2.24) is 0 Å². The SMILES string of the molecule is CC[Si](CC)(CC)O[C@H]([C@H](C)/C=C(C)/C=C(\OC)C(=O)OC)[C@@H](C)C/C(C)=C/C#C[C@H](O)[C@@H]1OC(C)(C)O[C@@H]([C@H](C)[C@H](C)O[Si](c2ccccc2)(c2ccccc2)C(C)(C)C)[C@@H]1C. The van der Waals surface area contributed by atoms with E-state index in [1.54, 1.807) is 6.08 Å². The van der Waals surface area contributed by atoms with Crippen molar-refractivity contribution >= 4 is 33.0 Å². The molecule has 9 atom stereocenters. The molecule has 2 aromatic carbocycles. The van der Waals surface area contributed by atoms with E-state index in [-0.39, 0.29) is 52.8 Å². The molecule has 0 aromatic heterocycles. The average Bonchev–Trinajstić information content (AvgIpc) is 3.25. The molecule has 10 heteroatoms. The van der Waals surface area contributed by atoms with Gasteiger partial charge in [0.2, 0.25) is 5.76 Å². The van der Waals surface area contributed by atoms with Crippen LogP contribution in [0.5, 0.6) is 0 Å². The first kappa shape index (κ1) is 54.1. The van der Waals surface area contributed by atoms with E-state index in [0.29, 0.717) is 0 Å². The summed E-state index contributed by atoms with van der Waals surface area (Å²) < 4.78 is 38.1. The maximum absolute atomic E-state index is 12.2. The minimum Gasteiger partial charge on any atom is -0.490 e. The van der Waals surface area contributed by atoms with Gasteiger partial charge < -0.3 is 32.9 Å². The van der Waals surface area contributed by atoms with E-state index in [1.807, 2.05) is 26.8 Å². The van der Waals surface area contributed by atoms with Crippen molar-refractivity contribution in [3.05, 3.63) is 95.8 Å². The number of aliphatic hydroxyl groups excluding tert-OH is 1. The number of rotatable bonds is 20. The molecule has 1 fully saturated rings. The maximum atomic E-state index is 12.2. The Morgan fingerprint density at radius 2 is 1.38 bits per heavy atom. The zero-order valence-corrected chi connectivity index (χ0v) is 43.8. The number of allylic oxidation sites excluding steroid dienone is 4. The Morgan fingerprint density at radius 1 is 0.857 bits per heavy atom. The smallest absolute Gasteiger partial charge is 0.373 e. The summed E-state index contributed by atoms with van der Waals surface area (Å²) in [7, 11) is -1.98. The van der Waals surface area contributed by atoms with Crippen molar-refractivity contribution in [1.29, 1.82) is 0 Å². The maximum Gasteiger partial charge on any atom is 0.373 e. The van der Waals surface area contributed by atoms with Crippen LogP contribution in [-0.2, 0) is 32.6 Å². The van der Waals surface area contributed by atoms with Gasteiger partial charge in [0.1, 0.15) is 12.2 Å². The second kappa shape index (κ2) is 23.8. The van der Waals surface area contributed by atoms with Crippen molar-refractivity contribution in [2.75, 3.05) is 14.2 Å². The molecule has 63 heavy (non-hydrogen) atoms. The van der Waals surface area contributed by atoms with E-state index in [2.05, 4.69) is 162 Å².